The summed E-state index contributed by atoms with van der Waals surface area (Å²) in [6.45, 7) is 4.01. The molecule has 27 heavy (non-hydrogen) atoms. The molecule has 0 atom stereocenters. The lowest BCUT2D eigenvalue weighted by atomic mass is 10.0. The van der Waals surface area contributed by atoms with Crippen molar-refractivity contribution in [3.63, 3.8) is 0 Å². The Morgan fingerprint density at radius 2 is 1.70 bits per heavy atom. The third-order valence-electron chi connectivity index (χ3n) is 4.58. The summed E-state index contributed by atoms with van der Waals surface area (Å²) in [5.41, 5.74) is 3.91. The summed E-state index contributed by atoms with van der Waals surface area (Å²) in [5.74, 6) is -0.0767. The third kappa shape index (κ3) is 4.02. The van der Waals surface area contributed by atoms with E-state index >= 15 is 0 Å². The zero-order chi connectivity index (χ0) is 19.6. The molecule has 0 spiro atoms. The van der Waals surface area contributed by atoms with Gasteiger partial charge in [-0.05, 0) is 43.7 Å². The van der Waals surface area contributed by atoms with Crippen molar-refractivity contribution in [3.8, 4) is 0 Å². The molecule has 0 saturated carbocycles. The number of carbonyl (C=O) groups excluding carboxylic acids is 1. The minimum Gasteiger partial charge on any atom is -0.344 e. The molecule has 3 aromatic rings. The molecule has 140 valence electrons. The summed E-state index contributed by atoms with van der Waals surface area (Å²) in [4.78, 5) is 13.1. The second kappa shape index (κ2) is 7.50. The Kier molecular flexibility index (Phi) is 5.30. The lowest BCUT2D eigenvalue weighted by Crippen LogP contribution is -2.24. The molecule has 5 nitrogen and oxygen atoms in total. The van der Waals surface area contributed by atoms with Crippen LogP contribution < -0.4 is 4.72 Å². The number of carbonyl (C=O) groups is 1. The van der Waals surface area contributed by atoms with E-state index in [0.29, 0.717) is 17.0 Å². The average molecular weight is 382 g/mol. The molecule has 0 unspecified atom stereocenters. The summed E-state index contributed by atoms with van der Waals surface area (Å²) in [5, 5.41) is 0. The quantitative estimate of drug-likeness (QED) is 0.665. The topological polar surface area (TPSA) is 68.2 Å². The summed E-state index contributed by atoms with van der Waals surface area (Å²) >= 11 is 0. The van der Waals surface area contributed by atoms with Crippen LogP contribution in [0.25, 0.3) is 0 Å². The highest BCUT2D eigenvalue weighted by molar-refractivity contribution is 7.89. The number of hydrogen-bond acceptors (Lipinski definition) is 3. The Bertz CT molecular complexity index is 1080. The zero-order valence-corrected chi connectivity index (χ0v) is 16.4. The van der Waals surface area contributed by atoms with Crippen LogP contribution in [0.3, 0.4) is 0 Å². The summed E-state index contributed by atoms with van der Waals surface area (Å²) in [7, 11) is -1.83. The van der Waals surface area contributed by atoms with Gasteiger partial charge in [0.1, 0.15) is 0 Å². The average Bonchev–Trinajstić information content (AvgIpc) is 3.01. The van der Waals surface area contributed by atoms with E-state index in [9.17, 15) is 13.2 Å². The molecule has 0 amide bonds. The molecule has 6 heteroatoms. The fourth-order valence-electron chi connectivity index (χ4n) is 3.02. The van der Waals surface area contributed by atoms with Crippen molar-refractivity contribution in [3.05, 3.63) is 88.7 Å². The Labute approximate surface area is 159 Å². The number of nitrogens with one attached hydrogen (secondary N) is 1. The highest BCUT2D eigenvalue weighted by Gasteiger charge is 2.18. The van der Waals surface area contributed by atoms with Crippen LogP contribution in [-0.4, -0.2) is 18.8 Å². The molecule has 0 saturated heterocycles. The number of sulfonamides is 1. The minimum atomic E-state index is -3.60. The van der Waals surface area contributed by atoms with Crippen LogP contribution in [0, 0.1) is 13.8 Å². The van der Waals surface area contributed by atoms with Crippen LogP contribution in [0.5, 0.6) is 0 Å². The van der Waals surface area contributed by atoms with Crippen LogP contribution in [0.4, 0.5) is 0 Å². The van der Waals surface area contributed by atoms with E-state index in [1.54, 1.807) is 54.1 Å². The number of hydrogen-bond donors (Lipinski definition) is 1. The van der Waals surface area contributed by atoms with Gasteiger partial charge in [-0.15, -0.1) is 0 Å². The maximum atomic E-state index is 12.9. The van der Waals surface area contributed by atoms with Crippen molar-refractivity contribution in [1.29, 1.82) is 0 Å². The molecular formula is C21H22N2O3S. The molecule has 1 N–H and O–H groups in total. The van der Waals surface area contributed by atoms with Crippen molar-refractivity contribution >= 4 is 15.8 Å². The number of aromatic nitrogens is 1. The van der Waals surface area contributed by atoms with E-state index in [0.717, 1.165) is 11.1 Å². The monoisotopic (exact) mass is 382 g/mol. The number of benzene rings is 2. The van der Waals surface area contributed by atoms with Gasteiger partial charge in [0.15, 0.2) is 0 Å². The predicted octanol–water partition coefficient (Wildman–Crippen LogP) is 3.35. The Balaban J connectivity index is 1.80. The van der Waals surface area contributed by atoms with Gasteiger partial charge in [0.25, 0.3) is 0 Å². The van der Waals surface area contributed by atoms with E-state index in [-0.39, 0.29) is 17.2 Å². The molecule has 0 bridgehead atoms. The molecule has 0 fully saturated rings. The molecular weight excluding hydrogens is 360 g/mol. The first-order valence-electron chi connectivity index (χ1n) is 8.61. The SMILES string of the molecule is Cc1ccc(C(=O)c2ccc(CNS(=O)(=O)c3ccccc3)n2C)c(C)c1. The first kappa shape index (κ1) is 19.1. The van der Waals surface area contributed by atoms with E-state index in [2.05, 4.69) is 4.72 Å². The fraction of sp³-hybridized carbons (Fsp3) is 0.190. The number of rotatable bonds is 6. The Morgan fingerprint density at radius 1 is 1.00 bits per heavy atom. The molecule has 0 aliphatic rings. The normalized spacial score (nSPS) is 11.5. The van der Waals surface area contributed by atoms with Crippen LogP contribution in [0.1, 0.15) is 32.9 Å². The van der Waals surface area contributed by atoms with Crippen molar-refractivity contribution in [1.82, 2.24) is 9.29 Å². The molecule has 0 aliphatic carbocycles. The molecule has 0 radical (unpaired) electrons. The van der Waals surface area contributed by atoms with Crippen LogP contribution in [-0.2, 0) is 23.6 Å². The van der Waals surface area contributed by atoms with Gasteiger partial charge >= 0.3 is 0 Å². The van der Waals surface area contributed by atoms with E-state index in [1.807, 2.05) is 32.0 Å². The van der Waals surface area contributed by atoms with Gasteiger partial charge in [-0.3, -0.25) is 4.79 Å². The Hall–Kier alpha value is -2.70. The van der Waals surface area contributed by atoms with Crippen LogP contribution in [0.15, 0.2) is 65.6 Å². The van der Waals surface area contributed by atoms with Crippen molar-refractivity contribution < 1.29 is 13.2 Å². The van der Waals surface area contributed by atoms with E-state index in [1.165, 1.54) is 0 Å². The molecule has 3 rings (SSSR count). The molecule has 2 aromatic carbocycles. The second-order valence-corrected chi connectivity index (χ2v) is 8.32. The Morgan fingerprint density at radius 3 is 2.37 bits per heavy atom. The maximum absolute atomic E-state index is 12.9. The number of ketones is 1. The molecule has 1 aromatic heterocycles. The first-order valence-corrected chi connectivity index (χ1v) is 10.1. The predicted molar refractivity (Wildman–Crippen MR) is 105 cm³/mol. The van der Waals surface area contributed by atoms with Crippen molar-refractivity contribution in [2.24, 2.45) is 7.05 Å². The second-order valence-electron chi connectivity index (χ2n) is 6.55. The van der Waals surface area contributed by atoms with Crippen molar-refractivity contribution in [2.45, 2.75) is 25.3 Å². The summed E-state index contributed by atoms with van der Waals surface area (Å²) in [6, 6.07) is 17.4. The van der Waals surface area contributed by atoms with Crippen LogP contribution in [0.2, 0.25) is 0 Å². The van der Waals surface area contributed by atoms with Gasteiger partial charge in [-0.2, -0.15) is 0 Å². The van der Waals surface area contributed by atoms with E-state index in [4.69, 9.17) is 0 Å². The molecule has 1 heterocycles. The fourth-order valence-corrected chi connectivity index (χ4v) is 4.04. The van der Waals surface area contributed by atoms with Gasteiger partial charge < -0.3 is 4.57 Å². The van der Waals surface area contributed by atoms with E-state index < -0.39 is 10.0 Å². The number of nitrogens with zero attached hydrogens (tertiary/aromatic N) is 1. The minimum absolute atomic E-state index is 0.0767. The highest BCUT2D eigenvalue weighted by Crippen LogP contribution is 2.18. The van der Waals surface area contributed by atoms with Gasteiger partial charge in [-0.25, -0.2) is 13.1 Å². The first-order chi connectivity index (χ1) is 12.8. The zero-order valence-electron chi connectivity index (χ0n) is 15.6. The highest BCUT2D eigenvalue weighted by atomic mass is 32.2. The van der Waals surface area contributed by atoms with Crippen molar-refractivity contribution in [2.75, 3.05) is 0 Å². The third-order valence-corrected chi connectivity index (χ3v) is 6.00. The molecule has 0 aliphatic heterocycles. The van der Waals surface area contributed by atoms with Gasteiger partial charge in [0, 0.05) is 18.3 Å². The smallest absolute Gasteiger partial charge is 0.240 e. The van der Waals surface area contributed by atoms with Gasteiger partial charge in [0.05, 0.1) is 17.1 Å². The summed E-state index contributed by atoms with van der Waals surface area (Å²) in [6.07, 6.45) is 0. The number of aryl methyl sites for hydroxylation is 2. The maximum Gasteiger partial charge on any atom is 0.240 e. The van der Waals surface area contributed by atoms with Gasteiger partial charge in [-0.1, -0.05) is 42.0 Å². The summed E-state index contributed by atoms with van der Waals surface area (Å²) < 4.78 is 29.1. The largest absolute Gasteiger partial charge is 0.344 e. The lowest BCUT2D eigenvalue weighted by Gasteiger charge is -2.10. The van der Waals surface area contributed by atoms with Crippen LogP contribution >= 0.6 is 0 Å². The standard InChI is InChI=1S/C21H22N2O3S/c1-15-9-11-19(16(2)13-15)21(24)20-12-10-17(23(20)3)14-22-27(25,26)18-7-5-4-6-8-18/h4-13,22H,14H2,1-3H3. The van der Waals surface area contributed by atoms with Gasteiger partial charge in [0.2, 0.25) is 15.8 Å². The lowest BCUT2D eigenvalue weighted by molar-refractivity contribution is 0.103.